The maximum Gasteiger partial charge on any atom is 0.131 e. The zero-order valence-electron chi connectivity index (χ0n) is 15.4. The summed E-state index contributed by atoms with van der Waals surface area (Å²) >= 11 is 6.35. The molecule has 0 amide bonds. The van der Waals surface area contributed by atoms with Gasteiger partial charge in [-0.15, -0.1) is 0 Å². The molecule has 2 aromatic rings. The molecule has 1 fully saturated rings. The summed E-state index contributed by atoms with van der Waals surface area (Å²) in [6.45, 7) is 3.09. The van der Waals surface area contributed by atoms with Gasteiger partial charge < -0.3 is 19.1 Å². The molecular weight excluding hydrogens is 366 g/mol. The Morgan fingerprint density at radius 1 is 1.19 bits per heavy atom. The largest absolute Gasteiger partial charge is 0.497 e. The smallest absolute Gasteiger partial charge is 0.131 e. The Morgan fingerprint density at radius 3 is 2.74 bits per heavy atom. The first kappa shape index (κ1) is 18.1. The normalized spacial score (nSPS) is 18.5. The van der Waals surface area contributed by atoms with Gasteiger partial charge in [0, 0.05) is 37.4 Å². The van der Waals surface area contributed by atoms with Gasteiger partial charge in [0.25, 0.3) is 0 Å². The van der Waals surface area contributed by atoms with Crippen LogP contribution >= 0.6 is 11.6 Å². The first-order chi connectivity index (χ1) is 13.2. The molecule has 2 aliphatic rings. The van der Waals surface area contributed by atoms with E-state index in [1.807, 2.05) is 30.5 Å². The van der Waals surface area contributed by atoms with Crippen LogP contribution in [0.15, 0.2) is 29.3 Å². The number of aliphatic imine (C=N–C) groups is 1. The van der Waals surface area contributed by atoms with Gasteiger partial charge in [-0.3, -0.25) is 4.99 Å². The average Bonchev–Trinajstić information content (AvgIpc) is 3.10. The lowest BCUT2D eigenvalue weighted by molar-refractivity contribution is 0.122. The molecule has 1 saturated heterocycles. The van der Waals surface area contributed by atoms with Gasteiger partial charge in [-0.2, -0.15) is 0 Å². The Kier molecular flexibility index (Phi) is 5.18. The van der Waals surface area contributed by atoms with Crippen LogP contribution in [0.25, 0.3) is 0 Å². The number of nitrogens with zero attached hydrogens (tertiary/aromatic N) is 3. The van der Waals surface area contributed by atoms with E-state index in [1.165, 1.54) is 0 Å². The van der Waals surface area contributed by atoms with Gasteiger partial charge in [-0.05, 0) is 18.1 Å². The molecule has 1 unspecified atom stereocenters. The summed E-state index contributed by atoms with van der Waals surface area (Å²) in [6, 6.07) is 7.76. The van der Waals surface area contributed by atoms with Crippen molar-refractivity contribution in [3.05, 3.63) is 40.7 Å². The van der Waals surface area contributed by atoms with Gasteiger partial charge in [0.05, 0.1) is 38.8 Å². The highest BCUT2D eigenvalue weighted by Gasteiger charge is 2.28. The van der Waals surface area contributed by atoms with Crippen molar-refractivity contribution in [1.29, 1.82) is 0 Å². The second-order valence-corrected chi connectivity index (χ2v) is 6.95. The summed E-state index contributed by atoms with van der Waals surface area (Å²) in [6.07, 6.45) is 2.70. The van der Waals surface area contributed by atoms with Crippen molar-refractivity contribution < 1.29 is 14.2 Å². The zero-order chi connectivity index (χ0) is 18.8. The lowest BCUT2D eigenvalue weighted by Gasteiger charge is -2.30. The third-order valence-electron chi connectivity index (χ3n) is 4.99. The summed E-state index contributed by atoms with van der Waals surface area (Å²) in [5, 5.41) is 0.493. The zero-order valence-corrected chi connectivity index (χ0v) is 16.2. The minimum atomic E-state index is 0.0563. The van der Waals surface area contributed by atoms with E-state index in [1.54, 1.807) is 14.2 Å². The Morgan fingerprint density at radius 2 is 2.00 bits per heavy atom. The molecule has 0 radical (unpaired) electrons. The van der Waals surface area contributed by atoms with Crippen molar-refractivity contribution >= 4 is 29.2 Å². The molecule has 1 atom stereocenters. The molecule has 3 heterocycles. The maximum absolute atomic E-state index is 6.35. The van der Waals surface area contributed by atoms with Crippen LogP contribution in [-0.4, -0.2) is 51.7 Å². The second-order valence-electron chi connectivity index (χ2n) is 6.56. The van der Waals surface area contributed by atoms with Gasteiger partial charge in [0.1, 0.15) is 22.3 Å². The van der Waals surface area contributed by atoms with Crippen LogP contribution in [0.1, 0.15) is 17.2 Å². The van der Waals surface area contributed by atoms with Gasteiger partial charge in [-0.25, -0.2) is 4.98 Å². The molecule has 0 aliphatic carbocycles. The summed E-state index contributed by atoms with van der Waals surface area (Å²) in [4.78, 5) is 11.5. The number of pyridine rings is 1. The Balaban J connectivity index is 1.64. The van der Waals surface area contributed by atoms with E-state index < -0.39 is 0 Å². The predicted octanol–water partition coefficient (Wildman–Crippen LogP) is 3.63. The highest BCUT2D eigenvalue weighted by Crippen LogP contribution is 2.42. The maximum atomic E-state index is 6.35. The highest BCUT2D eigenvalue weighted by atomic mass is 35.5. The number of anilines is 1. The summed E-state index contributed by atoms with van der Waals surface area (Å²) in [7, 11) is 3.31. The number of morpholine rings is 1. The van der Waals surface area contributed by atoms with Gasteiger partial charge in [0.2, 0.25) is 0 Å². The SMILES string of the molecule is COc1ccc(CC2C=Nc3c(N4CCOCC4)cc(Cl)nc32)c(OC)c1. The van der Waals surface area contributed by atoms with Crippen molar-refractivity contribution in [2.45, 2.75) is 12.3 Å². The number of ether oxygens (including phenoxy) is 3. The standard InChI is InChI=1S/C20H22ClN3O3/c1-25-15-4-3-13(17(10-15)26-2)9-14-12-22-20-16(11-18(21)23-19(14)20)24-5-7-27-8-6-24/h3-4,10-12,14H,5-9H2,1-2H3. The van der Waals surface area contributed by atoms with E-state index in [0.29, 0.717) is 18.4 Å². The molecule has 0 spiro atoms. The quantitative estimate of drug-likeness (QED) is 0.733. The lowest BCUT2D eigenvalue weighted by Crippen LogP contribution is -2.36. The van der Waals surface area contributed by atoms with Crippen LogP contribution in [0.5, 0.6) is 11.5 Å². The molecule has 2 aliphatic heterocycles. The fourth-order valence-electron chi connectivity index (χ4n) is 3.59. The number of rotatable bonds is 5. The van der Waals surface area contributed by atoms with Crippen molar-refractivity contribution in [3.63, 3.8) is 0 Å². The number of aromatic nitrogens is 1. The average molecular weight is 388 g/mol. The number of hydrogen-bond donors (Lipinski definition) is 0. The fourth-order valence-corrected chi connectivity index (χ4v) is 3.79. The fraction of sp³-hybridized carbons (Fsp3) is 0.400. The van der Waals surface area contributed by atoms with Crippen LogP contribution in [0.3, 0.4) is 0 Å². The Hall–Kier alpha value is -2.31. The number of methoxy groups -OCH3 is 2. The molecule has 27 heavy (non-hydrogen) atoms. The number of halogens is 1. The van der Waals surface area contributed by atoms with Crippen LogP contribution < -0.4 is 14.4 Å². The first-order valence-corrected chi connectivity index (χ1v) is 9.35. The topological polar surface area (TPSA) is 56.2 Å². The minimum absolute atomic E-state index is 0.0563. The molecule has 142 valence electrons. The molecule has 0 saturated carbocycles. The monoisotopic (exact) mass is 387 g/mol. The van der Waals surface area contributed by atoms with Crippen LogP contribution in [0, 0.1) is 0 Å². The van der Waals surface area contributed by atoms with Crippen LogP contribution in [-0.2, 0) is 11.2 Å². The molecular formula is C20H22ClN3O3. The van der Waals surface area contributed by atoms with Crippen molar-refractivity contribution in [1.82, 2.24) is 4.98 Å². The van der Waals surface area contributed by atoms with Gasteiger partial charge in [0.15, 0.2) is 0 Å². The number of hydrogen-bond acceptors (Lipinski definition) is 6. The van der Waals surface area contributed by atoms with Crippen LogP contribution in [0.2, 0.25) is 5.15 Å². The van der Waals surface area contributed by atoms with Gasteiger partial charge in [-0.1, -0.05) is 17.7 Å². The molecule has 4 rings (SSSR count). The second kappa shape index (κ2) is 7.74. The molecule has 1 aromatic heterocycles. The molecule has 1 aromatic carbocycles. The van der Waals surface area contributed by atoms with E-state index in [9.17, 15) is 0 Å². The number of benzene rings is 1. The first-order valence-electron chi connectivity index (χ1n) is 8.98. The Labute approximate surface area is 163 Å². The minimum Gasteiger partial charge on any atom is -0.497 e. The van der Waals surface area contributed by atoms with E-state index in [4.69, 9.17) is 25.8 Å². The van der Waals surface area contributed by atoms with E-state index in [2.05, 4.69) is 14.9 Å². The predicted molar refractivity (Wildman–Crippen MR) is 106 cm³/mol. The number of fused-ring (bicyclic) bond motifs is 1. The van der Waals surface area contributed by atoms with Crippen molar-refractivity contribution in [2.24, 2.45) is 4.99 Å². The van der Waals surface area contributed by atoms with Gasteiger partial charge >= 0.3 is 0 Å². The van der Waals surface area contributed by atoms with E-state index >= 15 is 0 Å². The summed E-state index contributed by atoms with van der Waals surface area (Å²) in [5.41, 5.74) is 3.95. The van der Waals surface area contributed by atoms with E-state index in [0.717, 1.165) is 53.6 Å². The third kappa shape index (κ3) is 3.59. The molecule has 0 N–H and O–H groups in total. The van der Waals surface area contributed by atoms with Crippen LogP contribution in [0.4, 0.5) is 11.4 Å². The Bertz CT molecular complexity index is 866. The molecule has 0 bridgehead atoms. The highest BCUT2D eigenvalue weighted by molar-refractivity contribution is 6.29. The van der Waals surface area contributed by atoms with Crippen molar-refractivity contribution in [2.75, 3.05) is 45.4 Å². The molecule has 6 nitrogen and oxygen atoms in total. The lowest BCUT2D eigenvalue weighted by atomic mass is 9.96. The van der Waals surface area contributed by atoms with Crippen molar-refractivity contribution in [3.8, 4) is 11.5 Å². The molecule has 7 heteroatoms. The third-order valence-corrected chi connectivity index (χ3v) is 5.18. The summed E-state index contributed by atoms with van der Waals surface area (Å²) in [5.74, 6) is 1.62. The summed E-state index contributed by atoms with van der Waals surface area (Å²) < 4.78 is 16.3. The van der Waals surface area contributed by atoms with E-state index in [-0.39, 0.29) is 5.92 Å².